The van der Waals surface area contributed by atoms with Crippen molar-refractivity contribution in [3.8, 4) is 0 Å². The number of nitrogens with one attached hydrogen (secondary N) is 1. The summed E-state index contributed by atoms with van der Waals surface area (Å²) in [6, 6.07) is 7.33. The Labute approximate surface area is 141 Å². The first-order chi connectivity index (χ1) is 10.6. The molecule has 2 aromatic rings. The van der Waals surface area contributed by atoms with Crippen molar-refractivity contribution in [1.82, 2.24) is 10.2 Å². The highest BCUT2D eigenvalue weighted by molar-refractivity contribution is 8.19. The van der Waals surface area contributed by atoms with E-state index in [1.807, 2.05) is 25.1 Å². The molecule has 0 aliphatic carbocycles. The fraction of sp³-hybridized carbons (Fsp3) is 0.200. The van der Waals surface area contributed by atoms with E-state index >= 15 is 0 Å². The van der Waals surface area contributed by atoms with E-state index < -0.39 is 5.92 Å². The molecule has 0 amide bonds. The smallest absolute Gasteiger partial charge is 0.186 e. The van der Waals surface area contributed by atoms with E-state index in [9.17, 15) is 4.79 Å². The zero-order valence-electron chi connectivity index (χ0n) is 11.7. The average Bonchev–Trinajstić information content (AvgIpc) is 3.07. The van der Waals surface area contributed by atoms with Gasteiger partial charge in [-0.3, -0.25) is 10.2 Å². The minimum atomic E-state index is -0.614. The summed E-state index contributed by atoms with van der Waals surface area (Å²) in [6.45, 7) is 1.99. The number of aryl methyl sites for hydroxylation is 1. The van der Waals surface area contributed by atoms with Crippen LogP contribution in [-0.4, -0.2) is 21.0 Å². The van der Waals surface area contributed by atoms with Crippen molar-refractivity contribution in [1.29, 1.82) is 5.41 Å². The van der Waals surface area contributed by atoms with Crippen LogP contribution in [0, 0.1) is 5.41 Å². The third-order valence-corrected chi connectivity index (χ3v) is 5.68. The molecular formula is C15H12ClN3OS2. The molecule has 7 heteroatoms. The summed E-state index contributed by atoms with van der Waals surface area (Å²) in [4.78, 5) is 13.1. The second-order valence-corrected chi connectivity index (χ2v) is 7.27. The van der Waals surface area contributed by atoms with E-state index in [0.717, 1.165) is 17.0 Å². The highest BCUT2D eigenvalue weighted by Gasteiger charge is 2.39. The van der Waals surface area contributed by atoms with E-state index in [2.05, 4.69) is 10.2 Å². The quantitative estimate of drug-likeness (QED) is 0.844. The van der Waals surface area contributed by atoms with Crippen LogP contribution in [0.2, 0.25) is 5.02 Å². The summed E-state index contributed by atoms with van der Waals surface area (Å²) < 4.78 is 0. The van der Waals surface area contributed by atoms with Crippen molar-refractivity contribution < 1.29 is 4.79 Å². The molecule has 0 unspecified atom stereocenters. The molecule has 2 heterocycles. The molecule has 1 aromatic carbocycles. The van der Waals surface area contributed by atoms with Gasteiger partial charge >= 0.3 is 0 Å². The lowest BCUT2D eigenvalue weighted by atomic mass is 10.1. The Morgan fingerprint density at radius 2 is 2.14 bits per heavy atom. The molecule has 1 aliphatic rings. The van der Waals surface area contributed by atoms with Crippen LogP contribution in [0.4, 0.5) is 0 Å². The summed E-state index contributed by atoms with van der Waals surface area (Å²) in [5.41, 5.74) is 0.778. The van der Waals surface area contributed by atoms with Crippen LogP contribution in [0.5, 0.6) is 0 Å². The molecule has 1 N–H and O–H groups in total. The Hall–Kier alpha value is -1.50. The number of benzene rings is 1. The molecule has 0 saturated carbocycles. The number of carbonyl (C=O) groups excluding carboxylic acids is 1. The summed E-state index contributed by atoms with van der Waals surface area (Å²) in [7, 11) is 0. The molecule has 3 rings (SSSR count). The van der Waals surface area contributed by atoms with Crippen LogP contribution in [0.15, 0.2) is 29.2 Å². The van der Waals surface area contributed by atoms with Crippen molar-refractivity contribution in [2.24, 2.45) is 0 Å². The lowest BCUT2D eigenvalue weighted by molar-refractivity contribution is -0.114. The van der Waals surface area contributed by atoms with Gasteiger partial charge in [0, 0.05) is 5.02 Å². The molecule has 112 valence electrons. The van der Waals surface area contributed by atoms with Gasteiger partial charge in [0.25, 0.3) is 0 Å². The molecular weight excluding hydrogens is 338 g/mol. The van der Waals surface area contributed by atoms with Crippen LogP contribution in [0.1, 0.15) is 28.4 Å². The molecule has 22 heavy (non-hydrogen) atoms. The Morgan fingerprint density at radius 3 is 2.82 bits per heavy atom. The van der Waals surface area contributed by atoms with Gasteiger partial charge in [0.05, 0.1) is 9.95 Å². The van der Waals surface area contributed by atoms with Gasteiger partial charge in [0.15, 0.2) is 5.78 Å². The molecule has 1 saturated heterocycles. The average molecular weight is 350 g/mol. The topological polar surface area (TPSA) is 66.7 Å². The van der Waals surface area contributed by atoms with Crippen molar-refractivity contribution in [2.75, 3.05) is 0 Å². The number of ketones is 1. The summed E-state index contributed by atoms with van der Waals surface area (Å²) in [6.07, 6.45) is 2.52. The second-order valence-electron chi connectivity index (χ2n) is 4.68. The minimum Gasteiger partial charge on any atom is -0.297 e. The van der Waals surface area contributed by atoms with Crippen LogP contribution >= 0.6 is 34.7 Å². The Bertz CT molecular complexity index is 785. The summed E-state index contributed by atoms with van der Waals surface area (Å²) in [5, 5.41) is 18.6. The number of carbonyl (C=O) groups is 1. The Balaban J connectivity index is 1.93. The molecule has 1 aromatic heterocycles. The van der Waals surface area contributed by atoms with Gasteiger partial charge in [-0.15, -0.1) is 21.5 Å². The summed E-state index contributed by atoms with van der Waals surface area (Å²) in [5.74, 6) is -0.717. The molecule has 4 nitrogen and oxygen atoms in total. The van der Waals surface area contributed by atoms with Gasteiger partial charge in [-0.1, -0.05) is 48.5 Å². The van der Waals surface area contributed by atoms with Crippen LogP contribution < -0.4 is 0 Å². The maximum absolute atomic E-state index is 12.6. The third-order valence-electron chi connectivity index (χ3n) is 3.21. The van der Waals surface area contributed by atoms with Gasteiger partial charge in [-0.05, 0) is 24.1 Å². The van der Waals surface area contributed by atoms with Gasteiger partial charge in [0.1, 0.15) is 15.9 Å². The second kappa shape index (κ2) is 6.32. The van der Waals surface area contributed by atoms with Gasteiger partial charge < -0.3 is 0 Å². The molecule has 1 atom stereocenters. The molecule has 0 spiro atoms. The Kier molecular flexibility index (Phi) is 4.42. The number of halogens is 1. The number of allylic oxidation sites excluding steroid dienone is 1. The lowest BCUT2D eigenvalue weighted by Crippen LogP contribution is -2.11. The standard InChI is InChI=1S/C15H12ClN3OS2/c1-2-11-18-19-15(22-11)12-13(20)10(21-14(12)17)7-8-5-3-4-6-9(8)16/h3-7,12,17H,2H2,1H3/b10-7-,17-14?/t12-/m1/s1. The zero-order chi connectivity index (χ0) is 15.7. The normalized spacial score (nSPS) is 20.1. The van der Waals surface area contributed by atoms with E-state index in [1.54, 1.807) is 12.1 Å². The van der Waals surface area contributed by atoms with Crippen molar-refractivity contribution >= 4 is 51.6 Å². The first-order valence-corrected chi connectivity index (χ1v) is 8.70. The van der Waals surface area contributed by atoms with Gasteiger partial charge in [-0.25, -0.2) is 0 Å². The van der Waals surface area contributed by atoms with Crippen molar-refractivity contribution in [3.05, 3.63) is 49.8 Å². The molecule has 0 bridgehead atoms. The Morgan fingerprint density at radius 1 is 1.36 bits per heavy atom. The fourth-order valence-corrected chi connectivity index (χ4v) is 4.21. The molecule has 1 fully saturated rings. The maximum atomic E-state index is 12.6. The van der Waals surface area contributed by atoms with Crippen molar-refractivity contribution in [2.45, 2.75) is 19.3 Å². The van der Waals surface area contributed by atoms with E-state index in [4.69, 9.17) is 17.0 Å². The first kappa shape index (κ1) is 15.4. The third kappa shape index (κ3) is 2.86. The molecule has 1 aliphatic heterocycles. The monoisotopic (exact) mass is 349 g/mol. The van der Waals surface area contributed by atoms with Crippen LogP contribution in [0.25, 0.3) is 6.08 Å². The predicted octanol–water partition coefficient (Wildman–Crippen LogP) is 4.17. The number of hydrogen-bond donors (Lipinski definition) is 1. The van der Waals surface area contributed by atoms with E-state index in [-0.39, 0.29) is 5.78 Å². The first-order valence-electron chi connectivity index (χ1n) is 6.69. The number of rotatable bonds is 3. The minimum absolute atomic E-state index is 0.103. The molecule has 0 radical (unpaired) electrons. The largest absolute Gasteiger partial charge is 0.297 e. The predicted molar refractivity (Wildman–Crippen MR) is 91.8 cm³/mol. The number of hydrogen-bond acceptors (Lipinski definition) is 6. The lowest BCUT2D eigenvalue weighted by Gasteiger charge is -2.01. The van der Waals surface area contributed by atoms with E-state index in [0.29, 0.717) is 20.0 Å². The fourth-order valence-electron chi connectivity index (χ4n) is 2.07. The van der Waals surface area contributed by atoms with Gasteiger partial charge in [0.2, 0.25) is 0 Å². The SMILES string of the molecule is CCc1nnc([C@H]2C(=N)S/C(=C\c3ccccc3Cl)C2=O)s1. The van der Waals surface area contributed by atoms with Crippen molar-refractivity contribution in [3.63, 3.8) is 0 Å². The number of Topliss-reactive ketones (excluding diaryl/α,β-unsaturated/α-hetero) is 1. The summed E-state index contributed by atoms with van der Waals surface area (Å²) >= 11 is 8.69. The van der Waals surface area contributed by atoms with Crippen LogP contribution in [-0.2, 0) is 11.2 Å². The number of nitrogens with zero attached hydrogens (tertiary/aromatic N) is 2. The van der Waals surface area contributed by atoms with E-state index in [1.165, 1.54) is 23.1 Å². The maximum Gasteiger partial charge on any atom is 0.186 e. The van der Waals surface area contributed by atoms with Gasteiger partial charge in [-0.2, -0.15) is 0 Å². The number of aromatic nitrogens is 2. The highest BCUT2D eigenvalue weighted by Crippen LogP contribution is 2.41. The number of thioether (sulfide) groups is 1. The van der Waals surface area contributed by atoms with Crippen LogP contribution in [0.3, 0.4) is 0 Å². The highest BCUT2D eigenvalue weighted by atomic mass is 35.5. The zero-order valence-corrected chi connectivity index (χ0v) is 14.1.